The van der Waals surface area contributed by atoms with Gasteiger partial charge in [0.1, 0.15) is 0 Å². The molecule has 0 radical (unpaired) electrons. The first-order chi connectivity index (χ1) is 11.6. The smallest absolute Gasteiger partial charge is 0.255 e. The highest BCUT2D eigenvalue weighted by Crippen LogP contribution is 2.17. The first-order valence-corrected chi connectivity index (χ1v) is 7.61. The van der Waals surface area contributed by atoms with Crippen molar-refractivity contribution in [2.45, 2.75) is 13.5 Å². The van der Waals surface area contributed by atoms with Crippen LogP contribution in [-0.4, -0.2) is 21.5 Å². The number of carbonyl (C=O) groups is 2. The Morgan fingerprint density at radius 3 is 2.46 bits per heavy atom. The lowest BCUT2D eigenvalue weighted by molar-refractivity contribution is 0.101. The Hall–Kier alpha value is -3.21. The maximum atomic E-state index is 12.4. The van der Waals surface area contributed by atoms with Gasteiger partial charge in [0.15, 0.2) is 5.78 Å². The number of hydrogen-bond donors (Lipinski definition) is 1. The Balaban J connectivity index is 1.73. The second-order valence-corrected chi connectivity index (χ2v) is 5.46. The minimum atomic E-state index is -0.241. The second-order valence-electron chi connectivity index (χ2n) is 5.46. The predicted molar refractivity (Wildman–Crippen MR) is 92.2 cm³/mol. The number of aromatic nitrogens is 2. The third kappa shape index (κ3) is 3.57. The van der Waals surface area contributed by atoms with E-state index in [1.54, 1.807) is 42.6 Å². The van der Waals surface area contributed by atoms with Gasteiger partial charge in [0.05, 0.1) is 12.2 Å². The van der Waals surface area contributed by atoms with Crippen LogP contribution in [0.3, 0.4) is 0 Å². The topological polar surface area (TPSA) is 64.0 Å². The van der Waals surface area contributed by atoms with Gasteiger partial charge >= 0.3 is 0 Å². The Morgan fingerprint density at radius 1 is 1.04 bits per heavy atom. The Bertz CT molecular complexity index is 853. The molecule has 0 aliphatic rings. The third-order valence-electron chi connectivity index (χ3n) is 3.67. The van der Waals surface area contributed by atoms with Crippen molar-refractivity contribution in [1.82, 2.24) is 9.78 Å². The number of rotatable bonds is 5. The highest BCUT2D eigenvalue weighted by atomic mass is 16.1. The van der Waals surface area contributed by atoms with Gasteiger partial charge in [0.2, 0.25) is 0 Å². The van der Waals surface area contributed by atoms with Gasteiger partial charge in [-0.05, 0) is 42.8 Å². The summed E-state index contributed by atoms with van der Waals surface area (Å²) in [6.07, 6.45) is 3.62. The second kappa shape index (κ2) is 6.91. The molecule has 1 aromatic heterocycles. The molecule has 24 heavy (non-hydrogen) atoms. The predicted octanol–water partition coefficient (Wildman–Crippen LogP) is 3.39. The summed E-state index contributed by atoms with van der Waals surface area (Å²) in [6.45, 7) is 2.14. The molecule has 1 amide bonds. The van der Waals surface area contributed by atoms with E-state index in [0.717, 1.165) is 5.56 Å². The molecular weight excluding hydrogens is 302 g/mol. The van der Waals surface area contributed by atoms with E-state index >= 15 is 0 Å². The summed E-state index contributed by atoms with van der Waals surface area (Å²) in [5.41, 5.74) is 2.62. The zero-order valence-corrected chi connectivity index (χ0v) is 13.3. The fourth-order valence-corrected chi connectivity index (χ4v) is 2.44. The molecule has 0 fully saturated rings. The largest absolute Gasteiger partial charge is 0.321 e. The molecule has 0 unspecified atom stereocenters. The molecule has 2 aromatic carbocycles. The standard InChI is InChI=1S/C19H17N3O2/c1-14(23)17-5-2-3-6-18(17)21-19(24)16-9-7-15(8-10-16)13-22-12-4-11-20-22/h2-12H,13H2,1H3,(H,21,24). The summed E-state index contributed by atoms with van der Waals surface area (Å²) in [5, 5.41) is 6.95. The van der Waals surface area contributed by atoms with Gasteiger partial charge in [0.25, 0.3) is 5.91 Å². The maximum absolute atomic E-state index is 12.4. The molecule has 0 atom stereocenters. The van der Waals surface area contributed by atoms with Gasteiger partial charge in [-0.3, -0.25) is 14.3 Å². The summed E-state index contributed by atoms with van der Waals surface area (Å²) < 4.78 is 1.82. The normalized spacial score (nSPS) is 10.4. The highest BCUT2D eigenvalue weighted by Gasteiger charge is 2.11. The number of hydrogen-bond acceptors (Lipinski definition) is 3. The van der Waals surface area contributed by atoms with Crippen LogP contribution in [0.15, 0.2) is 67.0 Å². The van der Waals surface area contributed by atoms with Crippen molar-refractivity contribution < 1.29 is 9.59 Å². The zero-order valence-electron chi connectivity index (χ0n) is 13.3. The van der Waals surface area contributed by atoms with Crippen LogP contribution in [-0.2, 0) is 6.54 Å². The molecule has 0 aliphatic carbocycles. The Labute approximate surface area is 139 Å². The molecule has 0 saturated carbocycles. The minimum absolute atomic E-state index is 0.0829. The monoisotopic (exact) mass is 319 g/mol. The first kappa shape index (κ1) is 15.7. The van der Waals surface area contributed by atoms with Crippen LogP contribution in [0.5, 0.6) is 0 Å². The average Bonchev–Trinajstić information content (AvgIpc) is 3.09. The highest BCUT2D eigenvalue weighted by molar-refractivity contribution is 6.08. The van der Waals surface area contributed by atoms with Crippen molar-refractivity contribution >= 4 is 17.4 Å². The van der Waals surface area contributed by atoms with Gasteiger partial charge in [-0.15, -0.1) is 0 Å². The van der Waals surface area contributed by atoms with Crippen LogP contribution in [0.4, 0.5) is 5.69 Å². The SMILES string of the molecule is CC(=O)c1ccccc1NC(=O)c1ccc(Cn2cccn2)cc1. The van der Waals surface area contributed by atoms with Crippen molar-refractivity contribution in [2.24, 2.45) is 0 Å². The van der Waals surface area contributed by atoms with Crippen molar-refractivity contribution in [3.8, 4) is 0 Å². The Morgan fingerprint density at radius 2 is 1.79 bits per heavy atom. The van der Waals surface area contributed by atoms with Crippen molar-refractivity contribution in [3.05, 3.63) is 83.7 Å². The number of nitrogens with zero attached hydrogens (tertiary/aromatic N) is 2. The third-order valence-corrected chi connectivity index (χ3v) is 3.67. The number of nitrogens with one attached hydrogen (secondary N) is 1. The lowest BCUT2D eigenvalue weighted by Crippen LogP contribution is -2.14. The van der Waals surface area contributed by atoms with E-state index in [9.17, 15) is 9.59 Å². The average molecular weight is 319 g/mol. The molecule has 1 N–H and O–H groups in total. The van der Waals surface area contributed by atoms with Crippen LogP contribution >= 0.6 is 0 Å². The molecule has 0 aliphatic heterocycles. The van der Waals surface area contributed by atoms with Gasteiger partial charge in [-0.25, -0.2) is 0 Å². The molecule has 3 aromatic rings. The molecule has 1 heterocycles. The number of Topliss-reactive ketones (excluding diaryl/α,β-unsaturated/α-hetero) is 1. The minimum Gasteiger partial charge on any atom is -0.321 e. The van der Waals surface area contributed by atoms with E-state index in [0.29, 0.717) is 23.4 Å². The zero-order chi connectivity index (χ0) is 16.9. The summed E-state index contributed by atoms with van der Waals surface area (Å²) in [6, 6.07) is 16.2. The van der Waals surface area contributed by atoms with E-state index < -0.39 is 0 Å². The van der Waals surface area contributed by atoms with E-state index in [1.165, 1.54) is 6.92 Å². The van der Waals surface area contributed by atoms with Crippen LogP contribution in [0.25, 0.3) is 0 Å². The number of carbonyl (C=O) groups excluding carboxylic acids is 2. The van der Waals surface area contributed by atoms with Gasteiger partial charge in [0, 0.05) is 23.5 Å². The molecule has 5 heteroatoms. The number of benzene rings is 2. The van der Waals surface area contributed by atoms with E-state index in [2.05, 4.69) is 10.4 Å². The van der Waals surface area contributed by atoms with Gasteiger partial charge < -0.3 is 5.32 Å². The molecule has 0 bridgehead atoms. The molecule has 3 rings (SSSR count). The lowest BCUT2D eigenvalue weighted by Gasteiger charge is -2.09. The van der Waals surface area contributed by atoms with Gasteiger partial charge in [-0.2, -0.15) is 5.10 Å². The number of para-hydroxylation sites is 1. The lowest BCUT2D eigenvalue weighted by atomic mass is 10.1. The molecule has 120 valence electrons. The van der Waals surface area contributed by atoms with Crippen molar-refractivity contribution in [1.29, 1.82) is 0 Å². The Kier molecular flexibility index (Phi) is 4.52. The van der Waals surface area contributed by atoms with E-state index in [1.807, 2.05) is 29.1 Å². The van der Waals surface area contributed by atoms with Crippen molar-refractivity contribution in [3.63, 3.8) is 0 Å². The summed E-state index contributed by atoms with van der Waals surface area (Å²) in [4.78, 5) is 24.0. The molecule has 0 spiro atoms. The fraction of sp³-hybridized carbons (Fsp3) is 0.105. The summed E-state index contributed by atoms with van der Waals surface area (Å²) >= 11 is 0. The molecular formula is C19H17N3O2. The van der Waals surface area contributed by atoms with Crippen LogP contribution in [0.1, 0.15) is 33.2 Å². The number of anilines is 1. The number of ketones is 1. The first-order valence-electron chi connectivity index (χ1n) is 7.61. The summed E-state index contributed by atoms with van der Waals surface area (Å²) in [5.74, 6) is -0.324. The fourth-order valence-electron chi connectivity index (χ4n) is 2.44. The van der Waals surface area contributed by atoms with Crippen molar-refractivity contribution in [2.75, 3.05) is 5.32 Å². The van der Waals surface area contributed by atoms with Crippen LogP contribution in [0.2, 0.25) is 0 Å². The van der Waals surface area contributed by atoms with E-state index in [4.69, 9.17) is 0 Å². The quantitative estimate of drug-likeness (QED) is 0.733. The molecule has 0 saturated heterocycles. The van der Waals surface area contributed by atoms with Crippen LogP contribution in [0, 0.1) is 0 Å². The van der Waals surface area contributed by atoms with Gasteiger partial charge in [-0.1, -0.05) is 24.3 Å². The summed E-state index contributed by atoms with van der Waals surface area (Å²) in [7, 11) is 0. The molecule has 5 nitrogen and oxygen atoms in total. The number of amides is 1. The van der Waals surface area contributed by atoms with Crippen LogP contribution < -0.4 is 5.32 Å². The maximum Gasteiger partial charge on any atom is 0.255 e. The van der Waals surface area contributed by atoms with E-state index in [-0.39, 0.29) is 11.7 Å².